The molecule has 0 rings (SSSR count). The van der Waals surface area contributed by atoms with Gasteiger partial charge in [0.2, 0.25) is 0 Å². The molecule has 0 aromatic carbocycles. The van der Waals surface area contributed by atoms with Crippen LogP contribution < -0.4 is 0 Å². The van der Waals surface area contributed by atoms with Gasteiger partial charge in [0.1, 0.15) is 0 Å². The molecule has 1 atom stereocenters. The van der Waals surface area contributed by atoms with E-state index in [-0.39, 0.29) is 0 Å². The molecule has 0 N–H and O–H groups in total. The average molecular weight is 153 g/mol. The maximum atomic E-state index is 5.22. The van der Waals surface area contributed by atoms with Crippen LogP contribution in [0.1, 0.15) is 26.2 Å². The van der Waals surface area contributed by atoms with Gasteiger partial charge in [0.05, 0.1) is 0 Å². The Hall–Kier alpha value is -0.480. The van der Waals surface area contributed by atoms with E-state index in [0.29, 0.717) is 12.5 Å². The van der Waals surface area contributed by atoms with E-state index in [1.807, 2.05) is 0 Å². The molecule has 0 heterocycles. The molecule has 0 amide bonds. The van der Waals surface area contributed by atoms with Crippen molar-refractivity contribution in [3.05, 3.63) is 6.92 Å². The van der Waals surface area contributed by atoms with Crippen LogP contribution in [0.3, 0.4) is 0 Å². The van der Waals surface area contributed by atoms with Gasteiger partial charge in [0.25, 0.3) is 0 Å². The Balaban J connectivity index is 2.97. The second-order valence-electron chi connectivity index (χ2n) is 2.68. The summed E-state index contributed by atoms with van der Waals surface area (Å²) in [4.78, 5) is 0. The summed E-state index contributed by atoms with van der Waals surface area (Å²) in [5.41, 5.74) is 0. The van der Waals surface area contributed by atoms with Crippen LogP contribution in [0.25, 0.3) is 0 Å². The van der Waals surface area contributed by atoms with Crippen LogP contribution in [0.2, 0.25) is 0 Å². The smallest absolute Gasteiger partial charge is 0.0466 e. The first-order valence-electron chi connectivity index (χ1n) is 4.14. The maximum absolute atomic E-state index is 5.22. The molecule has 0 aliphatic heterocycles. The summed E-state index contributed by atoms with van der Waals surface area (Å²) in [6, 6.07) is 0. The highest BCUT2D eigenvalue weighted by atomic mass is 16.5. The lowest BCUT2D eigenvalue weighted by atomic mass is 10.1. The summed E-state index contributed by atoms with van der Waals surface area (Å²) in [7, 11) is 0. The fourth-order valence-corrected chi connectivity index (χ4v) is 0.840. The largest absolute Gasteiger partial charge is 0.381 e. The molecule has 0 aromatic heterocycles. The number of unbranched alkanes of at least 4 members (excludes halogenated alkanes) is 1. The normalized spacial score (nSPS) is 12.5. The zero-order chi connectivity index (χ0) is 8.53. The summed E-state index contributed by atoms with van der Waals surface area (Å²) >= 11 is 0. The van der Waals surface area contributed by atoms with E-state index in [9.17, 15) is 0 Å². The minimum absolute atomic E-state index is 0.412. The average Bonchev–Trinajstić information content (AvgIpc) is 2.04. The third-order valence-electron chi connectivity index (χ3n) is 1.60. The quantitative estimate of drug-likeness (QED) is 0.420. The monoisotopic (exact) mass is 153 g/mol. The van der Waals surface area contributed by atoms with Crippen LogP contribution >= 0.6 is 0 Å². The fraction of sp³-hybridized carbons (Fsp3) is 0.700. The minimum Gasteiger partial charge on any atom is -0.381 e. The van der Waals surface area contributed by atoms with Crippen molar-refractivity contribution in [2.45, 2.75) is 26.2 Å². The lowest BCUT2D eigenvalue weighted by Crippen LogP contribution is -1.95. The highest BCUT2D eigenvalue weighted by molar-refractivity contribution is 4.89. The molecule has 63 valence electrons. The maximum Gasteiger partial charge on any atom is 0.0466 e. The number of ether oxygens (including phenoxy) is 1. The summed E-state index contributed by atoms with van der Waals surface area (Å²) in [5.74, 6) is 3.11. The highest BCUT2D eigenvalue weighted by Crippen LogP contribution is 2.05. The fourth-order valence-electron chi connectivity index (χ4n) is 0.840. The van der Waals surface area contributed by atoms with Crippen LogP contribution in [0.4, 0.5) is 0 Å². The summed E-state index contributed by atoms with van der Waals surface area (Å²) in [6.07, 6.45) is 8.59. The van der Waals surface area contributed by atoms with Crippen LogP contribution in [0, 0.1) is 25.2 Å². The molecule has 0 fully saturated rings. The Morgan fingerprint density at radius 2 is 2.27 bits per heavy atom. The molecule has 0 aromatic rings. The first-order valence-corrected chi connectivity index (χ1v) is 4.14. The third kappa shape index (κ3) is 7.42. The van der Waals surface area contributed by atoms with Gasteiger partial charge in [-0.3, -0.25) is 0 Å². The molecule has 0 aliphatic rings. The Labute approximate surface area is 70.1 Å². The third-order valence-corrected chi connectivity index (χ3v) is 1.60. The van der Waals surface area contributed by atoms with Crippen molar-refractivity contribution in [1.29, 1.82) is 0 Å². The lowest BCUT2D eigenvalue weighted by Gasteiger charge is -2.03. The van der Waals surface area contributed by atoms with Crippen molar-refractivity contribution >= 4 is 0 Å². The molecule has 11 heavy (non-hydrogen) atoms. The lowest BCUT2D eigenvalue weighted by molar-refractivity contribution is 0.155. The van der Waals surface area contributed by atoms with Crippen LogP contribution in [0.5, 0.6) is 0 Å². The zero-order valence-electron chi connectivity index (χ0n) is 7.31. The van der Waals surface area contributed by atoms with E-state index in [2.05, 4.69) is 19.8 Å². The van der Waals surface area contributed by atoms with E-state index in [1.165, 1.54) is 0 Å². The van der Waals surface area contributed by atoms with E-state index in [0.717, 1.165) is 25.9 Å². The van der Waals surface area contributed by atoms with Gasteiger partial charge in [0.15, 0.2) is 0 Å². The molecular weight excluding hydrogens is 136 g/mol. The first kappa shape index (κ1) is 10.5. The van der Waals surface area contributed by atoms with Crippen molar-refractivity contribution in [2.24, 2.45) is 5.92 Å². The second kappa shape index (κ2) is 7.63. The zero-order valence-corrected chi connectivity index (χ0v) is 7.31. The van der Waals surface area contributed by atoms with Crippen molar-refractivity contribution in [2.75, 3.05) is 13.2 Å². The minimum atomic E-state index is 0.412. The summed E-state index contributed by atoms with van der Waals surface area (Å²) < 4.78 is 5.09. The number of hydrogen-bond donors (Lipinski definition) is 0. The van der Waals surface area contributed by atoms with Crippen molar-refractivity contribution in [3.8, 4) is 12.3 Å². The molecule has 0 saturated carbocycles. The number of hydrogen-bond acceptors (Lipinski definition) is 1. The van der Waals surface area contributed by atoms with Crippen molar-refractivity contribution in [3.63, 3.8) is 0 Å². The number of rotatable bonds is 6. The Bertz CT molecular complexity index is 113. The molecule has 0 saturated heterocycles. The molecule has 1 heteroatoms. The van der Waals surface area contributed by atoms with Gasteiger partial charge >= 0.3 is 0 Å². The molecule has 1 radical (unpaired) electrons. The molecule has 1 unspecified atom stereocenters. The van der Waals surface area contributed by atoms with E-state index in [1.54, 1.807) is 0 Å². The molecular formula is C10H17O. The molecule has 0 bridgehead atoms. The Kier molecular flexibility index (Phi) is 7.29. The summed E-state index contributed by atoms with van der Waals surface area (Å²) in [6.45, 7) is 7.05. The Morgan fingerprint density at radius 1 is 1.55 bits per heavy atom. The van der Waals surface area contributed by atoms with Crippen molar-refractivity contribution in [1.82, 2.24) is 0 Å². The number of terminal acetylenes is 1. The first-order chi connectivity index (χ1) is 5.31. The van der Waals surface area contributed by atoms with Gasteiger partial charge in [-0.15, -0.1) is 12.3 Å². The van der Waals surface area contributed by atoms with E-state index in [4.69, 9.17) is 11.2 Å². The Morgan fingerprint density at radius 3 is 2.82 bits per heavy atom. The van der Waals surface area contributed by atoms with E-state index >= 15 is 0 Å². The van der Waals surface area contributed by atoms with Crippen LogP contribution in [-0.2, 0) is 4.74 Å². The topological polar surface area (TPSA) is 9.23 Å². The van der Waals surface area contributed by atoms with Gasteiger partial charge < -0.3 is 4.74 Å². The van der Waals surface area contributed by atoms with Gasteiger partial charge in [-0.25, -0.2) is 0 Å². The highest BCUT2D eigenvalue weighted by Gasteiger charge is 1.95. The van der Waals surface area contributed by atoms with Gasteiger partial charge in [-0.1, -0.05) is 6.92 Å². The predicted molar refractivity (Wildman–Crippen MR) is 48.0 cm³/mol. The van der Waals surface area contributed by atoms with Gasteiger partial charge in [-0.05, 0) is 26.2 Å². The summed E-state index contributed by atoms with van der Waals surface area (Å²) in [5, 5.41) is 0. The van der Waals surface area contributed by atoms with Gasteiger partial charge in [-0.2, -0.15) is 0 Å². The standard InChI is InChI=1S/C10H17O/c1-4-10(3)8-6-7-9-11-5-2/h1,10H,2,5-9H2,3H3. The van der Waals surface area contributed by atoms with Crippen LogP contribution in [0.15, 0.2) is 0 Å². The van der Waals surface area contributed by atoms with Crippen molar-refractivity contribution < 1.29 is 4.74 Å². The molecule has 1 nitrogen and oxygen atoms in total. The SMILES string of the molecule is C#CC(C)CCCCOC[CH2]. The predicted octanol–water partition coefficient (Wildman–Crippen LogP) is 2.28. The van der Waals surface area contributed by atoms with Gasteiger partial charge in [0, 0.05) is 19.1 Å². The second-order valence-corrected chi connectivity index (χ2v) is 2.68. The molecule has 0 aliphatic carbocycles. The van der Waals surface area contributed by atoms with E-state index < -0.39 is 0 Å². The van der Waals surface area contributed by atoms with Crippen LogP contribution in [-0.4, -0.2) is 13.2 Å². The molecule has 0 spiro atoms.